The van der Waals surface area contributed by atoms with Crippen molar-refractivity contribution >= 4 is 12.0 Å². The lowest BCUT2D eigenvalue weighted by molar-refractivity contribution is -0.125. The fourth-order valence-corrected chi connectivity index (χ4v) is 2.90. The number of rotatable bonds is 4. The van der Waals surface area contributed by atoms with Crippen molar-refractivity contribution in [3.05, 3.63) is 12.2 Å². The number of likely N-dealkylation sites (N-methyl/N-ethyl adjacent to an activating group) is 1. The van der Waals surface area contributed by atoms with Gasteiger partial charge in [0.15, 0.2) is 0 Å². The molecule has 0 aromatic rings. The molecule has 0 radical (unpaired) electrons. The molecule has 0 aromatic heterocycles. The van der Waals surface area contributed by atoms with Crippen molar-refractivity contribution < 1.29 is 14.3 Å². The van der Waals surface area contributed by atoms with E-state index in [2.05, 4.69) is 6.92 Å². The lowest BCUT2D eigenvalue weighted by Gasteiger charge is -2.30. The van der Waals surface area contributed by atoms with Crippen molar-refractivity contribution in [2.75, 3.05) is 46.8 Å². The zero-order chi connectivity index (χ0) is 16.8. The Labute approximate surface area is 139 Å². The van der Waals surface area contributed by atoms with Gasteiger partial charge in [0.05, 0.1) is 6.54 Å². The second-order valence-corrected chi connectivity index (χ2v) is 6.91. The van der Waals surface area contributed by atoms with Gasteiger partial charge in [-0.25, -0.2) is 4.79 Å². The molecule has 23 heavy (non-hydrogen) atoms. The number of hydrogen-bond donors (Lipinski definition) is 0. The molecule has 2 rings (SSSR count). The maximum Gasteiger partial charge on any atom is 0.410 e. The molecule has 6 nitrogen and oxygen atoms in total. The fraction of sp³-hybridized carbons (Fsp3) is 0.765. The molecule has 0 saturated carbocycles. The Hall–Kier alpha value is -1.56. The Kier molecular flexibility index (Phi) is 6.45. The van der Waals surface area contributed by atoms with E-state index >= 15 is 0 Å². The monoisotopic (exact) mass is 323 g/mol. The number of ether oxygens (including phenoxy) is 1. The predicted octanol–water partition coefficient (Wildman–Crippen LogP) is 1.57. The third-order valence-electron chi connectivity index (χ3n) is 4.50. The molecule has 0 bridgehead atoms. The summed E-state index contributed by atoms with van der Waals surface area (Å²) in [6, 6.07) is 0. The number of carbonyl (C=O) groups excluding carboxylic acids is 2. The second-order valence-electron chi connectivity index (χ2n) is 6.91. The largest absolute Gasteiger partial charge is 0.444 e. The van der Waals surface area contributed by atoms with E-state index in [1.807, 2.05) is 25.1 Å². The summed E-state index contributed by atoms with van der Waals surface area (Å²) >= 11 is 0. The van der Waals surface area contributed by atoms with Gasteiger partial charge in [-0.1, -0.05) is 13.0 Å². The minimum Gasteiger partial charge on any atom is -0.444 e. The summed E-state index contributed by atoms with van der Waals surface area (Å²) in [5.41, 5.74) is 0. The molecule has 1 atom stereocenters. The number of likely N-dealkylation sites (tertiary alicyclic amines) is 2. The van der Waals surface area contributed by atoms with Gasteiger partial charge < -0.3 is 19.4 Å². The van der Waals surface area contributed by atoms with Crippen LogP contribution in [-0.2, 0) is 9.53 Å². The minimum atomic E-state index is -0.223. The number of nitrogens with zero attached hydrogens (tertiary/aromatic N) is 3. The zero-order valence-electron chi connectivity index (χ0n) is 14.5. The molecule has 0 unspecified atom stereocenters. The normalized spacial score (nSPS) is 23.0. The first kappa shape index (κ1) is 17.8. The predicted molar refractivity (Wildman–Crippen MR) is 89.1 cm³/mol. The van der Waals surface area contributed by atoms with Crippen LogP contribution in [0, 0.1) is 5.92 Å². The van der Waals surface area contributed by atoms with Crippen LogP contribution in [0.5, 0.6) is 0 Å². The topological polar surface area (TPSA) is 53.1 Å². The maximum absolute atomic E-state index is 12.2. The maximum atomic E-state index is 12.2. The molecule has 2 aliphatic rings. The van der Waals surface area contributed by atoms with Crippen LogP contribution >= 0.6 is 0 Å². The summed E-state index contributed by atoms with van der Waals surface area (Å²) in [6.45, 7) is 5.67. The van der Waals surface area contributed by atoms with Gasteiger partial charge in [-0.05, 0) is 32.9 Å². The molecule has 2 saturated heterocycles. The Bertz CT molecular complexity index is 442. The summed E-state index contributed by atoms with van der Waals surface area (Å²) in [7, 11) is 3.92. The molecule has 6 heteroatoms. The Morgan fingerprint density at radius 1 is 1.13 bits per heavy atom. The first-order valence-electron chi connectivity index (χ1n) is 8.51. The minimum absolute atomic E-state index is 0.00260. The van der Waals surface area contributed by atoms with Crippen LogP contribution in [-0.4, -0.2) is 79.6 Å². The fourth-order valence-electron chi connectivity index (χ4n) is 2.90. The SMILES string of the molecule is CC1CCN(C(=O)O[C@@H]2CCN(C(=O)/C=C/CN(C)C)C2)CC1. The molecular formula is C17H29N3O3. The Balaban J connectivity index is 1.73. The number of piperidine rings is 1. The second kappa shape index (κ2) is 8.34. The van der Waals surface area contributed by atoms with Crippen LogP contribution in [0.1, 0.15) is 26.2 Å². The van der Waals surface area contributed by atoms with Crippen molar-refractivity contribution in [1.82, 2.24) is 14.7 Å². The molecule has 2 amide bonds. The number of carbonyl (C=O) groups is 2. The molecule has 2 aliphatic heterocycles. The van der Waals surface area contributed by atoms with Crippen molar-refractivity contribution in [1.29, 1.82) is 0 Å². The van der Waals surface area contributed by atoms with Crippen molar-refractivity contribution in [2.24, 2.45) is 5.92 Å². The zero-order valence-corrected chi connectivity index (χ0v) is 14.5. The van der Waals surface area contributed by atoms with Crippen LogP contribution < -0.4 is 0 Å². The average molecular weight is 323 g/mol. The smallest absolute Gasteiger partial charge is 0.410 e. The highest BCUT2D eigenvalue weighted by molar-refractivity contribution is 5.87. The van der Waals surface area contributed by atoms with E-state index < -0.39 is 0 Å². The lowest BCUT2D eigenvalue weighted by atomic mass is 10.00. The van der Waals surface area contributed by atoms with Crippen molar-refractivity contribution in [3.8, 4) is 0 Å². The van der Waals surface area contributed by atoms with Crippen LogP contribution in [0.15, 0.2) is 12.2 Å². The van der Waals surface area contributed by atoms with Gasteiger partial charge in [0.1, 0.15) is 6.10 Å². The number of hydrogen-bond acceptors (Lipinski definition) is 4. The first-order chi connectivity index (χ1) is 11.0. The number of amides is 2. The van der Waals surface area contributed by atoms with E-state index in [0.717, 1.165) is 38.9 Å². The van der Waals surface area contributed by atoms with Gasteiger partial charge in [0, 0.05) is 38.7 Å². The van der Waals surface area contributed by atoms with Crippen LogP contribution in [0.4, 0.5) is 4.79 Å². The van der Waals surface area contributed by atoms with Crippen molar-refractivity contribution in [3.63, 3.8) is 0 Å². The van der Waals surface area contributed by atoms with Crippen LogP contribution in [0.3, 0.4) is 0 Å². The van der Waals surface area contributed by atoms with Crippen molar-refractivity contribution in [2.45, 2.75) is 32.3 Å². The highest BCUT2D eigenvalue weighted by Gasteiger charge is 2.30. The summed E-state index contributed by atoms with van der Waals surface area (Å²) in [5, 5.41) is 0. The molecule has 2 fully saturated rings. The van der Waals surface area contributed by atoms with E-state index in [0.29, 0.717) is 19.0 Å². The molecule has 130 valence electrons. The Morgan fingerprint density at radius 3 is 2.43 bits per heavy atom. The average Bonchev–Trinajstić information content (AvgIpc) is 2.96. The summed E-state index contributed by atoms with van der Waals surface area (Å²) < 4.78 is 5.57. The first-order valence-corrected chi connectivity index (χ1v) is 8.51. The molecule has 2 heterocycles. The third kappa shape index (κ3) is 5.53. The Morgan fingerprint density at radius 2 is 1.78 bits per heavy atom. The molecule has 0 spiro atoms. The highest BCUT2D eigenvalue weighted by atomic mass is 16.6. The molecule has 0 aliphatic carbocycles. The third-order valence-corrected chi connectivity index (χ3v) is 4.50. The molecular weight excluding hydrogens is 294 g/mol. The quantitative estimate of drug-likeness (QED) is 0.737. The van der Waals surface area contributed by atoms with Gasteiger partial charge in [-0.2, -0.15) is 0 Å². The van der Waals surface area contributed by atoms with E-state index in [-0.39, 0.29) is 18.1 Å². The van der Waals surface area contributed by atoms with Gasteiger partial charge in [0.2, 0.25) is 5.91 Å². The summed E-state index contributed by atoms with van der Waals surface area (Å²) in [5.74, 6) is 0.685. The van der Waals surface area contributed by atoms with Gasteiger partial charge in [0.25, 0.3) is 0 Å². The summed E-state index contributed by atoms with van der Waals surface area (Å²) in [4.78, 5) is 29.8. The summed E-state index contributed by atoms with van der Waals surface area (Å²) in [6.07, 6.45) is 5.88. The standard InChI is InChI=1S/C17H29N3O3/c1-14-6-10-19(11-7-14)17(22)23-15-8-12-20(13-15)16(21)5-4-9-18(2)3/h4-5,14-15H,6-13H2,1-3H3/b5-4+/t15-/m1/s1. The lowest BCUT2D eigenvalue weighted by Crippen LogP contribution is -2.40. The van der Waals surface area contributed by atoms with E-state index in [9.17, 15) is 9.59 Å². The van der Waals surface area contributed by atoms with Gasteiger partial charge in [-0.3, -0.25) is 4.79 Å². The molecule has 0 N–H and O–H groups in total. The van der Waals surface area contributed by atoms with Crippen LogP contribution in [0.25, 0.3) is 0 Å². The van der Waals surface area contributed by atoms with Crippen LogP contribution in [0.2, 0.25) is 0 Å². The van der Waals surface area contributed by atoms with Gasteiger partial charge in [-0.15, -0.1) is 0 Å². The van der Waals surface area contributed by atoms with E-state index in [1.165, 1.54) is 0 Å². The van der Waals surface area contributed by atoms with E-state index in [1.54, 1.807) is 15.9 Å². The highest BCUT2D eigenvalue weighted by Crippen LogP contribution is 2.19. The molecule has 0 aromatic carbocycles. The van der Waals surface area contributed by atoms with Gasteiger partial charge >= 0.3 is 6.09 Å². The van der Waals surface area contributed by atoms with E-state index in [4.69, 9.17) is 4.74 Å².